The van der Waals surface area contributed by atoms with Crippen molar-refractivity contribution in [2.45, 2.75) is 25.9 Å². The van der Waals surface area contributed by atoms with Gasteiger partial charge >= 0.3 is 0 Å². The molecule has 0 aliphatic carbocycles. The van der Waals surface area contributed by atoms with Crippen LogP contribution in [-0.2, 0) is 14.8 Å². The summed E-state index contributed by atoms with van der Waals surface area (Å²) in [7, 11) is -3.31. The fourth-order valence-corrected chi connectivity index (χ4v) is 4.73. The van der Waals surface area contributed by atoms with E-state index in [9.17, 15) is 8.42 Å². The fourth-order valence-electron chi connectivity index (χ4n) is 3.23. The number of benzene rings is 1. The van der Waals surface area contributed by atoms with Crippen molar-refractivity contribution in [1.82, 2.24) is 15.0 Å². The van der Waals surface area contributed by atoms with Gasteiger partial charge in [0.1, 0.15) is 0 Å². The normalized spacial score (nSPS) is 16.3. The Morgan fingerprint density at radius 2 is 1.94 bits per heavy atom. The lowest BCUT2D eigenvalue weighted by molar-refractivity contribution is 0.120. The predicted octanol–water partition coefficient (Wildman–Crippen LogP) is 3.61. The highest BCUT2D eigenvalue weighted by atomic mass is 32.2. The van der Waals surface area contributed by atoms with Crippen LogP contribution in [0.2, 0.25) is 0 Å². The van der Waals surface area contributed by atoms with E-state index >= 15 is 0 Å². The van der Waals surface area contributed by atoms with E-state index < -0.39 is 10.0 Å². The second-order valence-corrected chi connectivity index (χ2v) is 10.0. The largest absolute Gasteiger partial charge is 0.376 e. The Hall–Kier alpha value is -2.76. The Bertz CT molecular complexity index is 1140. The maximum absolute atomic E-state index is 11.3. The maximum atomic E-state index is 11.3. The highest BCUT2D eigenvalue weighted by Gasteiger charge is 2.17. The van der Waals surface area contributed by atoms with Gasteiger partial charge in [-0.05, 0) is 50.1 Å². The number of aryl methyl sites for hydroxylation is 1. The smallest absolute Gasteiger partial charge is 0.229 e. The predicted molar refractivity (Wildman–Crippen MR) is 124 cm³/mol. The highest BCUT2D eigenvalue weighted by molar-refractivity contribution is 7.92. The van der Waals surface area contributed by atoms with Crippen LogP contribution in [0.1, 0.15) is 18.5 Å². The molecular formula is C20H24N6O3S2. The molecule has 4 rings (SSSR count). The average Bonchev–Trinajstić information content (AvgIpc) is 3.36. The van der Waals surface area contributed by atoms with E-state index in [4.69, 9.17) is 4.74 Å². The van der Waals surface area contributed by atoms with Crippen LogP contribution >= 0.6 is 11.3 Å². The molecule has 9 nitrogen and oxygen atoms in total. The summed E-state index contributed by atoms with van der Waals surface area (Å²) in [4.78, 5) is 14.5. The summed E-state index contributed by atoms with van der Waals surface area (Å²) < 4.78 is 30.7. The van der Waals surface area contributed by atoms with E-state index in [1.165, 1.54) is 0 Å². The van der Waals surface area contributed by atoms with Gasteiger partial charge in [-0.15, -0.1) is 0 Å². The lowest BCUT2D eigenvalue weighted by atomic mass is 10.2. The van der Waals surface area contributed by atoms with Crippen LogP contribution in [-0.4, -0.2) is 48.9 Å². The number of hydrogen-bond donors (Lipinski definition) is 3. The number of ether oxygens (including phenoxy) is 1. The van der Waals surface area contributed by atoms with E-state index in [-0.39, 0.29) is 6.10 Å². The summed E-state index contributed by atoms with van der Waals surface area (Å²) in [6.45, 7) is 3.56. The topological polar surface area (TPSA) is 118 Å². The molecule has 1 aromatic carbocycles. The van der Waals surface area contributed by atoms with Crippen LogP contribution in [0.25, 0.3) is 10.6 Å². The van der Waals surface area contributed by atoms with Gasteiger partial charge < -0.3 is 15.4 Å². The molecule has 0 amide bonds. The highest BCUT2D eigenvalue weighted by Crippen LogP contribution is 2.32. The minimum atomic E-state index is -3.31. The Labute approximate surface area is 185 Å². The van der Waals surface area contributed by atoms with Crippen LogP contribution in [0.3, 0.4) is 0 Å². The number of anilines is 4. The summed E-state index contributed by atoms with van der Waals surface area (Å²) in [6, 6.07) is 8.72. The lowest BCUT2D eigenvalue weighted by Crippen LogP contribution is -2.18. The molecule has 1 aliphatic rings. The lowest BCUT2D eigenvalue weighted by Gasteiger charge is -2.09. The van der Waals surface area contributed by atoms with Crippen molar-refractivity contribution >= 4 is 43.8 Å². The Kier molecular flexibility index (Phi) is 6.35. The molecule has 1 atom stereocenters. The first kappa shape index (κ1) is 21.5. The third-order valence-electron chi connectivity index (χ3n) is 4.63. The molecule has 2 aromatic heterocycles. The Morgan fingerprint density at radius 1 is 1.16 bits per heavy atom. The quantitative estimate of drug-likeness (QED) is 0.467. The molecule has 31 heavy (non-hydrogen) atoms. The van der Waals surface area contributed by atoms with Crippen molar-refractivity contribution in [2.24, 2.45) is 0 Å². The molecule has 0 radical (unpaired) electrons. The van der Waals surface area contributed by atoms with Crippen LogP contribution < -0.4 is 15.4 Å². The zero-order valence-electron chi connectivity index (χ0n) is 17.3. The van der Waals surface area contributed by atoms with Crippen molar-refractivity contribution < 1.29 is 13.2 Å². The first-order valence-corrected chi connectivity index (χ1v) is 12.6. The standard InChI is InChI=1S/C20H24N6O3S2/c1-13-18(30-20(23-13)22-12-16-4-3-11-29-16)17-9-10-21-19(25-17)24-14-5-7-15(8-6-14)26-31(2,27)28/h5-10,16,26H,3-4,11-12H2,1-2H3,(H,22,23)(H,21,24,25). The molecular weight excluding hydrogens is 436 g/mol. The summed E-state index contributed by atoms with van der Waals surface area (Å²) in [5.74, 6) is 0.447. The zero-order valence-corrected chi connectivity index (χ0v) is 18.9. The zero-order chi connectivity index (χ0) is 21.8. The van der Waals surface area contributed by atoms with Crippen LogP contribution in [0.5, 0.6) is 0 Å². The molecule has 164 valence electrons. The second-order valence-electron chi connectivity index (χ2n) is 7.29. The van der Waals surface area contributed by atoms with E-state index in [2.05, 4.69) is 30.3 Å². The molecule has 1 saturated heterocycles. The average molecular weight is 461 g/mol. The van der Waals surface area contributed by atoms with Gasteiger partial charge in [-0.2, -0.15) is 0 Å². The summed E-state index contributed by atoms with van der Waals surface area (Å²) in [5.41, 5.74) is 2.93. The van der Waals surface area contributed by atoms with Crippen molar-refractivity contribution in [3.63, 3.8) is 0 Å². The van der Waals surface area contributed by atoms with Gasteiger partial charge in [0.25, 0.3) is 0 Å². The summed E-state index contributed by atoms with van der Waals surface area (Å²) >= 11 is 1.56. The molecule has 0 spiro atoms. The summed E-state index contributed by atoms with van der Waals surface area (Å²) in [5, 5.41) is 7.37. The molecule has 3 N–H and O–H groups in total. The second kappa shape index (κ2) is 9.16. The minimum Gasteiger partial charge on any atom is -0.376 e. The molecule has 1 unspecified atom stereocenters. The van der Waals surface area contributed by atoms with E-state index in [1.54, 1.807) is 41.8 Å². The van der Waals surface area contributed by atoms with Crippen LogP contribution in [0, 0.1) is 6.92 Å². The van der Waals surface area contributed by atoms with Crippen molar-refractivity contribution in [3.8, 4) is 10.6 Å². The first-order valence-electron chi connectivity index (χ1n) is 9.87. The van der Waals surface area contributed by atoms with Gasteiger partial charge in [-0.1, -0.05) is 11.3 Å². The number of rotatable bonds is 8. The van der Waals surface area contributed by atoms with Gasteiger partial charge in [0.2, 0.25) is 16.0 Å². The molecule has 1 aliphatic heterocycles. The van der Waals surface area contributed by atoms with Crippen LogP contribution in [0.15, 0.2) is 36.5 Å². The number of nitrogens with zero attached hydrogens (tertiary/aromatic N) is 3. The maximum Gasteiger partial charge on any atom is 0.229 e. The minimum absolute atomic E-state index is 0.251. The molecule has 11 heteroatoms. The molecule has 3 heterocycles. The molecule has 3 aromatic rings. The van der Waals surface area contributed by atoms with Crippen LogP contribution in [0.4, 0.5) is 22.5 Å². The monoisotopic (exact) mass is 460 g/mol. The van der Waals surface area contributed by atoms with E-state index in [1.807, 2.05) is 13.0 Å². The van der Waals surface area contributed by atoms with Gasteiger partial charge in [0.15, 0.2) is 5.13 Å². The number of nitrogens with one attached hydrogen (secondary N) is 3. The SMILES string of the molecule is Cc1nc(NCC2CCCO2)sc1-c1ccnc(Nc2ccc(NS(C)(=O)=O)cc2)n1. The number of thiazole rings is 1. The number of sulfonamides is 1. The molecule has 0 bridgehead atoms. The van der Waals surface area contributed by atoms with Gasteiger partial charge in [0.05, 0.1) is 28.6 Å². The van der Waals surface area contributed by atoms with Gasteiger partial charge in [-0.3, -0.25) is 4.72 Å². The first-order chi connectivity index (χ1) is 14.9. The fraction of sp³-hybridized carbons (Fsp3) is 0.350. The van der Waals surface area contributed by atoms with E-state index in [0.717, 1.165) is 59.3 Å². The van der Waals surface area contributed by atoms with Gasteiger partial charge in [0, 0.05) is 30.7 Å². The summed E-state index contributed by atoms with van der Waals surface area (Å²) in [6.07, 6.45) is 5.26. The number of hydrogen-bond acceptors (Lipinski definition) is 9. The third-order valence-corrected chi connectivity index (χ3v) is 6.38. The number of aromatic nitrogens is 3. The van der Waals surface area contributed by atoms with Crippen molar-refractivity contribution in [3.05, 3.63) is 42.2 Å². The van der Waals surface area contributed by atoms with E-state index in [0.29, 0.717) is 11.6 Å². The van der Waals surface area contributed by atoms with Crippen molar-refractivity contribution in [2.75, 3.05) is 34.8 Å². The molecule has 0 saturated carbocycles. The van der Waals surface area contributed by atoms with Gasteiger partial charge in [-0.25, -0.2) is 23.4 Å². The Balaban J connectivity index is 1.44. The third kappa shape index (κ3) is 5.90. The molecule has 1 fully saturated rings. The van der Waals surface area contributed by atoms with Crippen molar-refractivity contribution in [1.29, 1.82) is 0 Å². The Morgan fingerprint density at radius 3 is 2.65 bits per heavy atom.